The number of benzene rings is 2. The fraction of sp³-hybridized carbons (Fsp3) is 0.125. The quantitative estimate of drug-likeness (QED) is 0.781. The Bertz CT molecular complexity index is 811. The van der Waals surface area contributed by atoms with Crippen LogP contribution < -0.4 is 9.47 Å². The third-order valence-electron chi connectivity index (χ3n) is 2.78. The molecule has 2 rings (SSSR count). The molecular formula is C16H8ClF3N2O2. The number of hydrogen-bond donors (Lipinski definition) is 0. The summed E-state index contributed by atoms with van der Waals surface area (Å²) in [5, 5.41) is 17.2. The van der Waals surface area contributed by atoms with Crippen molar-refractivity contribution in [3.63, 3.8) is 0 Å². The molecule has 0 aliphatic rings. The van der Waals surface area contributed by atoms with Crippen molar-refractivity contribution in [3.8, 4) is 29.4 Å². The van der Waals surface area contributed by atoms with Crippen LogP contribution in [-0.4, -0.2) is 6.10 Å². The minimum Gasteiger partial charge on any atom is -0.462 e. The van der Waals surface area contributed by atoms with Crippen molar-refractivity contribution in [2.75, 3.05) is 0 Å². The van der Waals surface area contributed by atoms with Crippen LogP contribution in [0.2, 0.25) is 5.02 Å². The molecule has 0 spiro atoms. The Morgan fingerprint density at radius 2 is 1.67 bits per heavy atom. The summed E-state index contributed by atoms with van der Waals surface area (Å²) in [6.07, 6.45) is -5.78. The summed E-state index contributed by atoms with van der Waals surface area (Å²) in [6.45, 7) is 0. The molecule has 0 atom stereocenters. The van der Waals surface area contributed by atoms with Crippen LogP contribution in [0.15, 0.2) is 42.5 Å². The van der Waals surface area contributed by atoms with Gasteiger partial charge in [-0.25, -0.2) is 0 Å². The first-order valence-corrected chi connectivity index (χ1v) is 6.82. The van der Waals surface area contributed by atoms with Gasteiger partial charge in [-0.3, -0.25) is 0 Å². The van der Waals surface area contributed by atoms with Crippen molar-refractivity contribution in [1.29, 1.82) is 10.5 Å². The molecule has 122 valence electrons. The lowest BCUT2D eigenvalue weighted by atomic mass is 10.2. The van der Waals surface area contributed by atoms with Gasteiger partial charge < -0.3 is 9.47 Å². The molecule has 8 heteroatoms. The zero-order chi connectivity index (χ0) is 17.7. The smallest absolute Gasteiger partial charge is 0.416 e. The number of ether oxygens (including phenoxy) is 2. The highest BCUT2D eigenvalue weighted by Crippen LogP contribution is 2.36. The standard InChI is InChI=1S/C16H8ClF3N2O2/c17-14-6-10(16(18,19)20)4-5-15(14)24-12-3-1-2-11(7-12)23-13(8-21)9-22/h1-7,13H. The van der Waals surface area contributed by atoms with Crippen LogP contribution >= 0.6 is 11.6 Å². The Morgan fingerprint density at radius 3 is 2.25 bits per heavy atom. The van der Waals surface area contributed by atoms with Crippen LogP contribution in [-0.2, 0) is 6.18 Å². The van der Waals surface area contributed by atoms with Crippen LogP contribution in [0.5, 0.6) is 17.2 Å². The highest BCUT2D eigenvalue weighted by molar-refractivity contribution is 6.32. The lowest BCUT2D eigenvalue weighted by Gasteiger charge is -2.12. The second kappa shape index (κ2) is 7.12. The Labute approximate surface area is 140 Å². The van der Waals surface area contributed by atoms with Crippen LogP contribution in [0, 0.1) is 22.7 Å². The van der Waals surface area contributed by atoms with Crippen LogP contribution in [0.1, 0.15) is 5.56 Å². The highest BCUT2D eigenvalue weighted by atomic mass is 35.5. The lowest BCUT2D eigenvalue weighted by molar-refractivity contribution is -0.137. The molecule has 2 aromatic carbocycles. The molecule has 0 saturated carbocycles. The van der Waals surface area contributed by atoms with Gasteiger partial charge >= 0.3 is 6.18 Å². The van der Waals surface area contributed by atoms with E-state index in [1.165, 1.54) is 24.3 Å². The van der Waals surface area contributed by atoms with E-state index < -0.39 is 17.8 Å². The maximum atomic E-state index is 12.6. The predicted octanol–water partition coefficient (Wildman–Crippen LogP) is 4.95. The molecule has 0 amide bonds. The van der Waals surface area contributed by atoms with Gasteiger partial charge in [0.25, 0.3) is 6.10 Å². The Balaban J connectivity index is 2.20. The summed E-state index contributed by atoms with van der Waals surface area (Å²) in [5.74, 6) is 0.450. The molecule has 4 nitrogen and oxygen atoms in total. The normalized spacial score (nSPS) is 10.8. The van der Waals surface area contributed by atoms with Gasteiger partial charge in [0.2, 0.25) is 0 Å². The van der Waals surface area contributed by atoms with Gasteiger partial charge in [-0.05, 0) is 30.3 Å². The van der Waals surface area contributed by atoms with Crippen molar-refractivity contribution in [2.45, 2.75) is 12.3 Å². The topological polar surface area (TPSA) is 66.0 Å². The summed E-state index contributed by atoms with van der Waals surface area (Å²) in [7, 11) is 0. The molecular weight excluding hydrogens is 345 g/mol. The molecule has 2 aromatic rings. The van der Waals surface area contributed by atoms with E-state index in [0.717, 1.165) is 18.2 Å². The SMILES string of the molecule is N#CC(C#N)Oc1cccc(Oc2ccc(C(F)(F)F)cc2Cl)c1. The molecule has 0 bridgehead atoms. The molecule has 0 aliphatic carbocycles. The van der Waals surface area contributed by atoms with Gasteiger partial charge in [0, 0.05) is 6.07 Å². The zero-order valence-electron chi connectivity index (χ0n) is 11.8. The summed E-state index contributed by atoms with van der Waals surface area (Å²) >= 11 is 5.81. The van der Waals surface area contributed by atoms with E-state index in [1.54, 1.807) is 12.1 Å². The number of halogens is 4. The zero-order valence-corrected chi connectivity index (χ0v) is 12.6. The average molecular weight is 353 g/mol. The minimum atomic E-state index is -4.50. The van der Waals surface area contributed by atoms with E-state index in [1.807, 2.05) is 0 Å². The molecule has 0 unspecified atom stereocenters. The third kappa shape index (κ3) is 4.31. The molecule has 0 saturated heterocycles. The van der Waals surface area contributed by atoms with Crippen molar-refractivity contribution in [2.24, 2.45) is 0 Å². The first kappa shape index (κ1) is 17.5. The number of hydrogen-bond acceptors (Lipinski definition) is 4. The maximum absolute atomic E-state index is 12.6. The van der Waals surface area contributed by atoms with Gasteiger partial charge in [-0.15, -0.1) is 0 Å². The molecule has 24 heavy (non-hydrogen) atoms. The highest BCUT2D eigenvalue weighted by Gasteiger charge is 2.31. The Kier molecular flexibility index (Phi) is 5.18. The second-order valence-corrected chi connectivity index (χ2v) is 4.88. The summed E-state index contributed by atoms with van der Waals surface area (Å²) in [6, 6.07) is 12.0. The molecule has 0 N–H and O–H groups in total. The van der Waals surface area contributed by atoms with Crippen molar-refractivity contribution >= 4 is 11.6 Å². The molecule has 0 aromatic heterocycles. The maximum Gasteiger partial charge on any atom is 0.416 e. The average Bonchev–Trinajstić information content (AvgIpc) is 2.54. The summed E-state index contributed by atoms with van der Waals surface area (Å²) in [5.41, 5.74) is -0.886. The van der Waals surface area contributed by atoms with Gasteiger partial charge in [0.1, 0.15) is 29.4 Å². The summed E-state index contributed by atoms with van der Waals surface area (Å²) < 4.78 is 48.3. The van der Waals surface area contributed by atoms with Gasteiger partial charge in [-0.1, -0.05) is 17.7 Å². The Hall–Kier alpha value is -2.90. The van der Waals surface area contributed by atoms with E-state index >= 15 is 0 Å². The monoisotopic (exact) mass is 352 g/mol. The van der Waals surface area contributed by atoms with Gasteiger partial charge in [0.05, 0.1) is 10.6 Å². The molecule has 0 heterocycles. The lowest BCUT2D eigenvalue weighted by Crippen LogP contribution is -2.10. The fourth-order valence-electron chi connectivity index (χ4n) is 1.72. The summed E-state index contributed by atoms with van der Waals surface area (Å²) in [4.78, 5) is 0. The fourth-order valence-corrected chi connectivity index (χ4v) is 1.93. The van der Waals surface area contributed by atoms with E-state index in [-0.39, 0.29) is 22.3 Å². The van der Waals surface area contributed by atoms with E-state index in [4.69, 9.17) is 31.6 Å². The van der Waals surface area contributed by atoms with Gasteiger partial charge in [0.15, 0.2) is 0 Å². The third-order valence-corrected chi connectivity index (χ3v) is 3.08. The minimum absolute atomic E-state index is 0.0268. The molecule has 0 radical (unpaired) electrons. The van der Waals surface area contributed by atoms with E-state index in [0.29, 0.717) is 0 Å². The number of rotatable bonds is 4. The van der Waals surface area contributed by atoms with Gasteiger partial charge in [-0.2, -0.15) is 23.7 Å². The Morgan fingerprint density at radius 1 is 1.00 bits per heavy atom. The second-order valence-electron chi connectivity index (χ2n) is 4.48. The molecule has 0 fully saturated rings. The van der Waals surface area contributed by atoms with Crippen LogP contribution in [0.4, 0.5) is 13.2 Å². The number of nitrogens with zero attached hydrogens (tertiary/aromatic N) is 2. The predicted molar refractivity (Wildman–Crippen MR) is 78.6 cm³/mol. The first-order chi connectivity index (χ1) is 11.3. The number of alkyl halides is 3. The molecule has 0 aliphatic heterocycles. The van der Waals surface area contributed by atoms with Crippen molar-refractivity contribution < 1.29 is 22.6 Å². The van der Waals surface area contributed by atoms with Crippen LogP contribution in [0.25, 0.3) is 0 Å². The first-order valence-electron chi connectivity index (χ1n) is 6.44. The van der Waals surface area contributed by atoms with Crippen molar-refractivity contribution in [1.82, 2.24) is 0 Å². The van der Waals surface area contributed by atoms with Crippen molar-refractivity contribution in [3.05, 3.63) is 53.1 Å². The van der Waals surface area contributed by atoms with E-state index in [9.17, 15) is 13.2 Å². The van der Waals surface area contributed by atoms with Crippen LogP contribution in [0.3, 0.4) is 0 Å². The number of nitriles is 2. The largest absolute Gasteiger partial charge is 0.462 e. The van der Waals surface area contributed by atoms with E-state index in [2.05, 4.69) is 0 Å².